The Morgan fingerprint density at radius 2 is 1.71 bits per heavy atom. The van der Waals surface area contributed by atoms with Crippen LogP contribution in [0.1, 0.15) is 36.7 Å². The van der Waals surface area contributed by atoms with E-state index in [1.165, 1.54) is 32.2 Å². The van der Waals surface area contributed by atoms with Gasteiger partial charge in [-0.25, -0.2) is 4.79 Å². The molecule has 10 heteroatoms. The highest BCUT2D eigenvalue weighted by atomic mass is 35.5. The summed E-state index contributed by atoms with van der Waals surface area (Å²) in [5, 5.41) is 2.43. The van der Waals surface area contributed by atoms with Crippen LogP contribution in [-0.2, 0) is 15.7 Å². The van der Waals surface area contributed by atoms with Crippen molar-refractivity contribution in [2.75, 3.05) is 7.11 Å². The molecule has 2 aromatic carbocycles. The molecule has 2 rings (SSSR count). The maximum absolute atomic E-state index is 12.8. The molecule has 0 saturated heterocycles. The average Bonchev–Trinajstić information content (AvgIpc) is 2.67. The monoisotopic (exact) mass is 459 g/mol. The molecule has 0 bridgehead atoms. The highest BCUT2D eigenvalue weighted by Crippen LogP contribution is 2.37. The van der Waals surface area contributed by atoms with Crippen LogP contribution in [0, 0.1) is 0 Å². The minimum atomic E-state index is -4.54. The van der Waals surface area contributed by atoms with Gasteiger partial charge in [-0.1, -0.05) is 11.6 Å². The summed E-state index contributed by atoms with van der Waals surface area (Å²) in [5.41, 5.74) is -0.877. The van der Waals surface area contributed by atoms with Gasteiger partial charge in [-0.15, -0.1) is 0 Å². The number of hydrogen-bond acceptors (Lipinski definition) is 5. The molecule has 0 heterocycles. The zero-order valence-corrected chi connectivity index (χ0v) is 17.9. The Balaban J connectivity index is 2.33. The lowest BCUT2D eigenvalue weighted by atomic mass is 10.2. The third-order valence-corrected chi connectivity index (χ3v) is 4.24. The number of methoxy groups -OCH3 is 1. The van der Waals surface area contributed by atoms with Crippen LogP contribution in [0.3, 0.4) is 0 Å². The predicted octanol–water partition coefficient (Wildman–Crippen LogP) is 5.23. The topological polar surface area (TPSA) is 73.9 Å². The number of benzene rings is 2. The summed E-state index contributed by atoms with van der Waals surface area (Å²) < 4.78 is 54.3. The number of ether oxygens (including phenoxy) is 3. The van der Waals surface area contributed by atoms with Gasteiger partial charge in [0.2, 0.25) is 0 Å². The minimum absolute atomic E-state index is 0.00112. The molecule has 0 aliphatic carbocycles. The lowest BCUT2D eigenvalue weighted by molar-refractivity contribution is -0.137. The van der Waals surface area contributed by atoms with Gasteiger partial charge in [0.15, 0.2) is 6.10 Å². The van der Waals surface area contributed by atoms with E-state index >= 15 is 0 Å². The molecule has 1 amide bonds. The lowest BCUT2D eigenvalue weighted by Crippen LogP contribution is -2.40. The first-order valence-electron chi connectivity index (χ1n) is 9.16. The van der Waals surface area contributed by atoms with Gasteiger partial charge in [-0.3, -0.25) is 4.79 Å². The SMILES string of the molecule is COC(=O)c1ccc(Oc2ccc(C(F)(F)F)cc2Cl)cc1OC(C)C(=O)NC(C)C. The molecule has 1 N–H and O–H groups in total. The summed E-state index contributed by atoms with van der Waals surface area (Å²) in [6.07, 6.45) is -5.49. The largest absolute Gasteiger partial charge is 0.480 e. The number of esters is 1. The molecule has 0 radical (unpaired) electrons. The van der Waals surface area contributed by atoms with Crippen LogP contribution in [0.15, 0.2) is 36.4 Å². The molecule has 0 aliphatic heterocycles. The van der Waals surface area contributed by atoms with Crippen molar-refractivity contribution in [1.29, 1.82) is 0 Å². The molecule has 0 aromatic heterocycles. The molecular formula is C21H21ClF3NO5. The highest BCUT2D eigenvalue weighted by molar-refractivity contribution is 6.32. The van der Waals surface area contributed by atoms with E-state index in [9.17, 15) is 22.8 Å². The summed E-state index contributed by atoms with van der Waals surface area (Å²) >= 11 is 5.92. The molecule has 0 spiro atoms. The van der Waals surface area contributed by atoms with Crippen molar-refractivity contribution in [2.45, 2.75) is 39.1 Å². The molecule has 168 valence electrons. The zero-order valence-electron chi connectivity index (χ0n) is 17.2. The smallest absolute Gasteiger partial charge is 0.416 e. The summed E-state index contributed by atoms with van der Waals surface area (Å²) in [5.74, 6) is -1.01. The molecule has 0 fully saturated rings. The molecule has 1 atom stereocenters. The van der Waals surface area contributed by atoms with Crippen LogP contribution in [0.4, 0.5) is 13.2 Å². The molecule has 0 aliphatic rings. The van der Waals surface area contributed by atoms with Gasteiger partial charge in [0, 0.05) is 12.1 Å². The van der Waals surface area contributed by atoms with Gasteiger partial charge in [0.25, 0.3) is 5.91 Å². The van der Waals surface area contributed by atoms with Gasteiger partial charge in [0.05, 0.1) is 17.7 Å². The quantitative estimate of drug-likeness (QED) is 0.574. The summed E-state index contributed by atoms with van der Waals surface area (Å²) in [6, 6.07) is 6.61. The number of rotatable bonds is 7. The third-order valence-electron chi connectivity index (χ3n) is 3.95. The second-order valence-electron chi connectivity index (χ2n) is 6.82. The Kier molecular flexibility index (Phi) is 7.78. The first-order valence-corrected chi connectivity index (χ1v) is 9.54. The van der Waals surface area contributed by atoms with Crippen LogP contribution in [0.25, 0.3) is 0 Å². The summed E-state index contributed by atoms with van der Waals surface area (Å²) in [6.45, 7) is 5.07. The lowest BCUT2D eigenvalue weighted by Gasteiger charge is -2.19. The van der Waals surface area contributed by atoms with Crippen LogP contribution in [-0.4, -0.2) is 31.1 Å². The first-order chi connectivity index (χ1) is 14.4. The third kappa shape index (κ3) is 6.52. The fourth-order valence-corrected chi connectivity index (χ4v) is 2.69. The van der Waals surface area contributed by atoms with E-state index in [2.05, 4.69) is 5.32 Å². The summed E-state index contributed by atoms with van der Waals surface area (Å²) in [7, 11) is 1.19. The average molecular weight is 460 g/mol. The Hall–Kier alpha value is -2.94. The van der Waals surface area contributed by atoms with Gasteiger partial charge >= 0.3 is 12.1 Å². The maximum Gasteiger partial charge on any atom is 0.416 e. The number of carbonyl (C=O) groups excluding carboxylic acids is 2. The highest BCUT2D eigenvalue weighted by Gasteiger charge is 2.31. The van der Waals surface area contributed by atoms with E-state index in [1.807, 2.05) is 0 Å². The Morgan fingerprint density at radius 1 is 1.03 bits per heavy atom. The van der Waals surface area contributed by atoms with Crippen LogP contribution in [0.5, 0.6) is 17.2 Å². The van der Waals surface area contributed by atoms with E-state index in [-0.39, 0.29) is 33.9 Å². The fraction of sp³-hybridized carbons (Fsp3) is 0.333. The number of alkyl halides is 3. The molecule has 31 heavy (non-hydrogen) atoms. The van der Waals surface area contributed by atoms with Crippen LogP contribution >= 0.6 is 11.6 Å². The van der Waals surface area contributed by atoms with Gasteiger partial charge in [-0.2, -0.15) is 13.2 Å². The van der Waals surface area contributed by atoms with E-state index in [4.69, 9.17) is 25.8 Å². The minimum Gasteiger partial charge on any atom is -0.480 e. The number of nitrogens with one attached hydrogen (secondary N) is 1. The number of halogens is 4. The standard InChI is InChI=1S/C21H21ClF3NO5/c1-11(2)26-19(27)12(3)30-18-10-14(6-7-15(18)20(28)29-4)31-17-8-5-13(9-16(17)22)21(23,24)25/h5-12H,1-4H3,(H,26,27). The Labute approximate surface area is 182 Å². The normalized spacial score (nSPS) is 12.3. The molecular weight excluding hydrogens is 439 g/mol. The fourth-order valence-electron chi connectivity index (χ4n) is 2.47. The van der Waals surface area contributed by atoms with Crippen molar-refractivity contribution in [1.82, 2.24) is 5.32 Å². The van der Waals surface area contributed by atoms with Crippen molar-refractivity contribution in [3.63, 3.8) is 0 Å². The summed E-state index contributed by atoms with van der Waals surface area (Å²) in [4.78, 5) is 24.2. The van der Waals surface area contributed by atoms with Crippen molar-refractivity contribution in [3.8, 4) is 17.2 Å². The van der Waals surface area contributed by atoms with Crippen molar-refractivity contribution in [3.05, 3.63) is 52.5 Å². The molecule has 1 unspecified atom stereocenters. The maximum atomic E-state index is 12.8. The molecule has 6 nitrogen and oxygen atoms in total. The van der Waals surface area contributed by atoms with Gasteiger partial charge in [-0.05, 0) is 51.1 Å². The van der Waals surface area contributed by atoms with Gasteiger partial charge < -0.3 is 19.5 Å². The van der Waals surface area contributed by atoms with Crippen LogP contribution < -0.4 is 14.8 Å². The predicted molar refractivity (Wildman–Crippen MR) is 108 cm³/mol. The van der Waals surface area contributed by atoms with E-state index in [0.717, 1.165) is 18.2 Å². The van der Waals surface area contributed by atoms with Crippen molar-refractivity contribution >= 4 is 23.5 Å². The van der Waals surface area contributed by atoms with Crippen LogP contribution in [0.2, 0.25) is 5.02 Å². The van der Waals surface area contributed by atoms with Crippen molar-refractivity contribution < 1.29 is 37.0 Å². The van der Waals surface area contributed by atoms with E-state index in [0.29, 0.717) is 0 Å². The molecule has 2 aromatic rings. The van der Waals surface area contributed by atoms with Crippen molar-refractivity contribution in [2.24, 2.45) is 0 Å². The molecule has 0 saturated carbocycles. The van der Waals surface area contributed by atoms with E-state index in [1.54, 1.807) is 13.8 Å². The number of amides is 1. The number of hydrogen-bond donors (Lipinski definition) is 1. The second-order valence-corrected chi connectivity index (χ2v) is 7.23. The van der Waals surface area contributed by atoms with Gasteiger partial charge in [0.1, 0.15) is 22.8 Å². The Morgan fingerprint density at radius 3 is 2.26 bits per heavy atom. The zero-order chi connectivity index (χ0) is 23.3. The first kappa shape index (κ1) is 24.3. The number of carbonyl (C=O) groups is 2. The van der Waals surface area contributed by atoms with E-state index < -0.39 is 29.7 Å². The second kappa shape index (κ2) is 9.91. The Bertz CT molecular complexity index is 963.